The van der Waals surface area contributed by atoms with Crippen LogP contribution in [0, 0.1) is 5.92 Å². The van der Waals surface area contributed by atoms with Crippen molar-refractivity contribution in [3.8, 4) is 0 Å². The number of anilines is 2. The maximum absolute atomic E-state index is 12.2. The molecule has 0 saturated heterocycles. The van der Waals surface area contributed by atoms with E-state index in [1.165, 1.54) is 6.92 Å². The molecule has 0 heterocycles. The molecule has 122 valence electrons. The van der Waals surface area contributed by atoms with E-state index in [1.807, 2.05) is 6.07 Å². The zero-order valence-corrected chi connectivity index (χ0v) is 14.8. The molecule has 1 saturated carbocycles. The minimum absolute atomic E-state index is 0. The molecular formula is C15H21BrClN3O2. The Morgan fingerprint density at radius 2 is 2.00 bits per heavy atom. The molecule has 1 aromatic rings. The smallest absolute Gasteiger partial charge is 0.224 e. The van der Waals surface area contributed by atoms with Crippen molar-refractivity contribution < 1.29 is 9.59 Å². The van der Waals surface area contributed by atoms with E-state index in [4.69, 9.17) is 5.73 Å². The predicted octanol–water partition coefficient (Wildman–Crippen LogP) is 3.29. The second-order valence-corrected chi connectivity index (χ2v) is 6.39. The molecule has 22 heavy (non-hydrogen) atoms. The fraction of sp³-hybridized carbons (Fsp3) is 0.467. The first-order valence-electron chi connectivity index (χ1n) is 7.08. The highest BCUT2D eigenvalue weighted by molar-refractivity contribution is 9.10. The molecule has 1 aliphatic carbocycles. The number of carbonyl (C=O) groups is 2. The maximum Gasteiger partial charge on any atom is 0.224 e. The summed E-state index contributed by atoms with van der Waals surface area (Å²) in [6.45, 7) is 1.44. The first kappa shape index (κ1) is 18.9. The van der Waals surface area contributed by atoms with Gasteiger partial charge in [0, 0.05) is 23.9 Å². The molecule has 0 radical (unpaired) electrons. The van der Waals surface area contributed by atoms with E-state index in [1.54, 1.807) is 12.1 Å². The fourth-order valence-corrected chi connectivity index (χ4v) is 3.04. The molecule has 0 aromatic heterocycles. The molecule has 0 unspecified atom stereocenters. The van der Waals surface area contributed by atoms with Crippen molar-refractivity contribution in [3.05, 3.63) is 22.7 Å². The van der Waals surface area contributed by atoms with E-state index >= 15 is 0 Å². The molecule has 2 rings (SSSR count). The summed E-state index contributed by atoms with van der Waals surface area (Å²) in [5.41, 5.74) is 7.18. The number of hydrogen-bond donors (Lipinski definition) is 3. The third kappa shape index (κ3) is 5.26. The summed E-state index contributed by atoms with van der Waals surface area (Å²) in [5, 5.41) is 5.57. The minimum Gasteiger partial charge on any atom is -0.327 e. The molecule has 1 aliphatic rings. The number of hydrogen-bond acceptors (Lipinski definition) is 3. The quantitative estimate of drug-likeness (QED) is 0.737. The van der Waals surface area contributed by atoms with Gasteiger partial charge in [-0.15, -0.1) is 12.4 Å². The average molecular weight is 391 g/mol. The van der Waals surface area contributed by atoms with Gasteiger partial charge < -0.3 is 16.4 Å². The second-order valence-electron chi connectivity index (χ2n) is 5.48. The molecule has 0 bridgehead atoms. The molecular weight excluding hydrogens is 370 g/mol. The van der Waals surface area contributed by atoms with Crippen LogP contribution in [0.1, 0.15) is 32.6 Å². The van der Waals surface area contributed by atoms with Gasteiger partial charge in [-0.3, -0.25) is 9.59 Å². The van der Waals surface area contributed by atoms with E-state index in [0.29, 0.717) is 17.8 Å². The van der Waals surface area contributed by atoms with Crippen molar-refractivity contribution in [2.24, 2.45) is 11.7 Å². The van der Waals surface area contributed by atoms with Crippen molar-refractivity contribution in [1.29, 1.82) is 0 Å². The number of benzene rings is 1. The average Bonchev–Trinajstić information content (AvgIpc) is 2.78. The van der Waals surface area contributed by atoms with E-state index in [2.05, 4.69) is 26.6 Å². The van der Waals surface area contributed by atoms with Crippen LogP contribution in [0.2, 0.25) is 0 Å². The van der Waals surface area contributed by atoms with Crippen LogP contribution in [-0.4, -0.2) is 17.9 Å². The van der Waals surface area contributed by atoms with E-state index in [9.17, 15) is 9.59 Å². The third-order valence-corrected chi connectivity index (χ3v) is 4.23. The topological polar surface area (TPSA) is 84.2 Å². The van der Waals surface area contributed by atoms with E-state index in [0.717, 1.165) is 23.7 Å². The van der Waals surface area contributed by atoms with Crippen molar-refractivity contribution in [2.45, 2.75) is 38.6 Å². The normalized spacial score (nSPS) is 20.1. The van der Waals surface area contributed by atoms with Gasteiger partial charge in [0.15, 0.2) is 0 Å². The van der Waals surface area contributed by atoms with Gasteiger partial charge in [0.2, 0.25) is 11.8 Å². The van der Waals surface area contributed by atoms with Gasteiger partial charge >= 0.3 is 0 Å². The summed E-state index contributed by atoms with van der Waals surface area (Å²) in [6, 6.07) is 5.46. The lowest BCUT2D eigenvalue weighted by Crippen LogP contribution is -2.28. The van der Waals surface area contributed by atoms with Crippen molar-refractivity contribution in [3.63, 3.8) is 0 Å². The minimum atomic E-state index is -0.175. The Morgan fingerprint density at radius 1 is 1.27 bits per heavy atom. The van der Waals surface area contributed by atoms with Gasteiger partial charge in [-0.25, -0.2) is 0 Å². The van der Waals surface area contributed by atoms with Crippen LogP contribution in [-0.2, 0) is 9.59 Å². The SMILES string of the molecule is CC(=O)Nc1ccc(Br)cc1NC(=O)C[C@@H]1CCC[C@H]1N.Cl. The van der Waals surface area contributed by atoms with Crippen molar-refractivity contribution >= 4 is 51.5 Å². The van der Waals surface area contributed by atoms with Gasteiger partial charge in [-0.1, -0.05) is 22.4 Å². The molecule has 2 amide bonds. The molecule has 0 spiro atoms. The molecule has 1 aromatic carbocycles. The number of nitrogens with two attached hydrogens (primary N) is 1. The number of rotatable bonds is 4. The molecule has 7 heteroatoms. The summed E-state index contributed by atoms with van der Waals surface area (Å²) in [6.07, 6.45) is 3.51. The predicted molar refractivity (Wildman–Crippen MR) is 94.3 cm³/mol. The lowest BCUT2D eigenvalue weighted by Gasteiger charge is -2.16. The summed E-state index contributed by atoms with van der Waals surface area (Å²) in [5.74, 6) is 0.00839. The van der Waals surface area contributed by atoms with E-state index < -0.39 is 0 Å². The van der Waals surface area contributed by atoms with Crippen LogP contribution in [0.3, 0.4) is 0 Å². The summed E-state index contributed by atoms with van der Waals surface area (Å²) in [7, 11) is 0. The van der Waals surface area contributed by atoms with Crippen LogP contribution in [0.25, 0.3) is 0 Å². The Kier molecular flexibility index (Phi) is 7.32. The van der Waals surface area contributed by atoms with Crippen LogP contribution in [0.5, 0.6) is 0 Å². The monoisotopic (exact) mass is 389 g/mol. The zero-order chi connectivity index (χ0) is 15.4. The number of carbonyl (C=O) groups excluding carboxylic acids is 2. The third-order valence-electron chi connectivity index (χ3n) is 3.73. The Hall–Kier alpha value is -1.11. The van der Waals surface area contributed by atoms with E-state index in [-0.39, 0.29) is 36.2 Å². The number of amides is 2. The molecule has 5 nitrogen and oxygen atoms in total. The summed E-state index contributed by atoms with van der Waals surface area (Å²) >= 11 is 3.37. The lowest BCUT2D eigenvalue weighted by atomic mass is 10.00. The van der Waals surface area contributed by atoms with Crippen LogP contribution >= 0.6 is 28.3 Å². The Morgan fingerprint density at radius 3 is 2.59 bits per heavy atom. The Balaban J connectivity index is 0.00000242. The van der Waals surface area contributed by atoms with Crippen molar-refractivity contribution in [2.75, 3.05) is 10.6 Å². The van der Waals surface area contributed by atoms with Gasteiger partial charge in [0.05, 0.1) is 11.4 Å². The van der Waals surface area contributed by atoms with Crippen molar-refractivity contribution in [1.82, 2.24) is 0 Å². The first-order valence-corrected chi connectivity index (χ1v) is 7.87. The summed E-state index contributed by atoms with van der Waals surface area (Å²) < 4.78 is 0.837. The van der Waals surface area contributed by atoms with Gasteiger partial charge in [-0.2, -0.15) is 0 Å². The molecule has 1 fully saturated rings. The van der Waals surface area contributed by atoms with Gasteiger partial charge in [0.1, 0.15) is 0 Å². The second kappa shape index (κ2) is 8.50. The highest BCUT2D eigenvalue weighted by Gasteiger charge is 2.26. The summed E-state index contributed by atoms with van der Waals surface area (Å²) in [4.78, 5) is 23.4. The molecule has 4 N–H and O–H groups in total. The van der Waals surface area contributed by atoms with Crippen LogP contribution in [0.4, 0.5) is 11.4 Å². The van der Waals surface area contributed by atoms with Crippen LogP contribution in [0.15, 0.2) is 22.7 Å². The highest BCUT2D eigenvalue weighted by Crippen LogP contribution is 2.29. The number of halogens is 2. The Labute approximate surface area is 144 Å². The highest BCUT2D eigenvalue weighted by atomic mass is 79.9. The maximum atomic E-state index is 12.2. The van der Waals surface area contributed by atoms with Gasteiger partial charge in [0.25, 0.3) is 0 Å². The largest absolute Gasteiger partial charge is 0.327 e. The standard InChI is InChI=1S/C15H20BrN3O2.ClH/c1-9(20)18-13-6-5-11(16)8-14(13)19-15(21)7-10-3-2-4-12(10)17;/h5-6,8,10,12H,2-4,7,17H2,1H3,(H,18,20)(H,19,21);1H/t10-,12+;/m0./s1. The lowest BCUT2D eigenvalue weighted by molar-refractivity contribution is -0.117. The zero-order valence-electron chi connectivity index (χ0n) is 12.4. The number of nitrogens with one attached hydrogen (secondary N) is 2. The molecule has 0 aliphatic heterocycles. The van der Waals surface area contributed by atoms with Gasteiger partial charge in [-0.05, 0) is 37.0 Å². The Bertz CT molecular complexity index is 554. The van der Waals surface area contributed by atoms with Crippen LogP contribution < -0.4 is 16.4 Å². The molecule has 2 atom stereocenters. The first-order chi connectivity index (χ1) is 9.95. The fourth-order valence-electron chi connectivity index (χ4n) is 2.68.